The molecule has 2 N–H and O–H groups in total. The second kappa shape index (κ2) is 9.42. The first kappa shape index (κ1) is 21.9. The summed E-state index contributed by atoms with van der Waals surface area (Å²) in [6.07, 6.45) is 3.03. The van der Waals surface area contributed by atoms with Crippen molar-refractivity contribution in [3.05, 3.63) is 71.0 Å². The van der Waals surface area contributed by atoms with Crippen LogP contribution in [-0.2, 0) is 0 Å². The van der Waals surface area contributed by atoms with Crippen LogP contribution in [0.5, 0.6) is 0 Å². The third-order valence-electron chi connectivity index (χ3n) is 6.40. The average molecular weight is 438 g/mol. The molecule has 2 aliphatic rings. The number of likely N-dealkylation sites (tertiary alicyclic amines) is 1. The molecule has 0 bridgehead atoms. The maximum absolute atomic E-state index is 14.7. The molecule has 7 heteroatoms. The second-order valence-corrected chi connectivity index (χ2v) is 8.47. The number of aryl methyl sites for hydroxylation is 1. The Balaban J connectivity index is 1.43. The molecule has 0 aromatic heterocycles. The van der Waals surface area contributed by atoms with E-state index in [1.807, 2.05) is 0 Å². The molecule has 2 aliphatic heterocycles. The van der Waals surface area contributed by atoms with E-state index in [1.54, 1.807) is 23.1 Å². The number of amides is 3. The molecular weight excluding hydrogens is 409 g/mol. The van der Waals surface area contributed by atoms with Crippen molar-refractivity contribution < 1.29 is 19.1 Å². The molecule has 2 heterocycles. The van der Waals surface area contributed by atoms with Gasteiger partial charge in [-0.05, 0) is 49.3 Å². The number of piperidine rings is 1. The molecule has 4 rings (SSSR count). The van der Waals surface area contributed by atoms with Crippen molar-refractivity contribution in [3.8, 4) is 0 Å². The number of nitrogens with one attached hydrogen (secondary N) is 1. The average Bonchev–Trinajstić information content (AvgIpc) is 2.81. The molecule has 2 aromatic rings. The maximum atomic E-state index is 14.7. The van der Waals surface area contributed by atoms with E-state index in [-0.39, 0.29) is 18.3 Å². The van der Waals surface area contributed by atoms with E-state index in [2.05, 4.69) is 36.5 Å². The summed E-state index contributed by atoms with van der Waals surface area (Å²) in [5.74, 6) is -0.0693. The van der Waals surface area contributed by atoms with Crippen molar-refractivity contribution in [2.75, 3.05) is 31.5 Å². The fourth-order valence-corrected chi connectivity index (χ4v) is 4.45. The summed E-state index contributed by atoms with van der Waals surface area (Å²) >= 11 is 0. The van der Waals surface area contributed by atoms with Gasteiger partial charge in [0, 0.05) is 31.7 Å². The fourth-order valence-electron chi connectivity index (χ4n) is 4.45. The van der Waals surface area contributed by atoms with Gasteiger partial charge in [0.25, 0.3) is 0 Å². The summed E-state index contributed by atoms with van der Waals surface area (Å²) in [4.78, 5) is 27.1. The molecule has 0 atom stereocenters. The number of rotatable bonds is 3. The first-order valence-corrected chi connectivity index (χ1v) is 11.0. The number of hydrogen-bond acceptors (Lipinski definition) is 2. The lowest BCUT2D eigenvalue weighted by molar-refractivity contribution is 0.150. The van der Waals surface area contributed by atoms with Gasteiger partial charge < -0.3 is 20.2 Å². The quantitative estimate of drug-likeness (QED) is 0.683. The van der Waals surface area contributed by atoms with Gasteiger partial charge in [0.2, 0.25) is 0 Å². The number of urea groups is 1. The van der Waals surface area contributed by atoms with E-state index in [9.17, 15) is 14.0 Å². The van der Waals surface area contributed by atoms with E-state index >= 15 is 0 Å². The normalized spacial score (nSPS) is 17.1. The van der Waals surface area contributed by atoms with Crippen molar-refractivity contribution in [1.82, 2.24) is 9.80 Å². The number of carboxylic acid groups (broad SMARTS) is 1. The van der Waals surface area contributed by atoms with E-state index < -0.39 is 11.9 Å². The molecule has 2 aromatic carbocycles. The van der Waals surface area contributed by atoms with Crippen LogP contribution in [-0.4, -0.2) is 53.2 Å². The Bertz CT molecular complexity index is 1030. The van der Waals surface area contributed by atoms with Crippen LogP contribution in [0.15, 0.2) is 48.5 Å². The summed E-state index contributed by atoms with van der Waals surface area (Å²) in [5, 5.41) is 11.9. The van der Waals surface area contributed by atoms with Crippen LogP contribution in [0.1, 0.15) is 41.9 Å². The highest BCUT2D eigenvalue weighted by Gasteiger charge is 2.26. The Morgan fingerprint density at radius 3 is 2.38 bits per heavy atom. The Hall–Kier alpha value is -3.35. The van der Waals surface area contributed by atoms with E-state index in [0.717, 1.165) is 18.4 Å². The van der Waals surface area contributed by atoms with Crippen LogP contribution < -0.4 is 5.32 Å². The second-order valence-electron chi connectivity index (χ2n) is 8.47. The molecule has 1 saturated heterocycles. The van der Waals surface area contributed by atoms with Crippen LogP contribution in [0, 0.1) is 12.7 Å². The molecule has 32 heavy (non-hydrogen) atoms. The number of nitrogens with zero attached hydrogens (tertiary/aromatic N) is 2. The van der Waals surface area contributed by atoms with Crippen molar-refractivity contribution in [2.45, 2.75) is 32.1 Å². The van der Waals surface area contributed by atoms with Gasteiger partial charge in [-0.3, -0.25) is 0 Å². The Kier molecular flexibility index (Phi) is 6.44. The molecule has 0 unspecified atom stereocenters. The Morgan fingerprint density at radius 2 is 1.75 bits per heavy atom. The van der Waals surface area contributed by atoms with Gasteiger partial charge in [0.15, 0.2) is 0 Å². The number of carbonyl (C=O) groups is 2. The lowest BCUT2D eigenvalue weighted by Crippen LogP contribution is -2.41. The topological polar surface area (TPSA) is 72.9 Å². The molecule has 6 nitrogen and oxygen atoms in total. The zero-order chi connectivity index (χ0) is 22.7. The van der Waals surface area contributed by atoms with Crippen molar-refractivity contribution in [2.24, 2.45) is 0 Å². The standard InChI is InChI=1S/C25H28FN3O3/c1-17-5-7-18(8-6-17)19-9-13-28(14-10-19)24(30)27-23-21(3-2-4-22(23)26)20-11-15-29(16-12-20)25(31)32/h2-8,11,19H,9-10,12-16H2,1H3,(H,27,30)(H,31,32). The lowest BCUT2D eigenvalue weighted by Gasteiger charge is -2.32. The van der Waals surface area contributed by atoms with Gasteiger partial charge in [0.1, 0.15) is 5.82 Å². The zero-order valence-corrected chi connectivity index (χ0v) is 18.2. The summed E-state index contributed by atoms with van der Waals surface area (Å²) in [6, 6.07) is 12.9. The van der Waals surface area contributed by atoms with E-state index in [1.165, 1.54) is 22.1 Å². The first-order valence-electron chi connectivity index (χ1n) is 11.0. The van der Waals surface area contributed by atoms with Crippen LogP contribution >= 0.6 is 0 Å². The lowest BCUT2D eigenvalue weighted by atomic mass is 9.89. The number of para-hydroxylation sites is 1. The Labute approximate surface area is 187 Å². The van der Waals surface area contributed by atoms with Crippen molar-refractivity contribution in [1.29, 1.82) is 0 Å². The van der Waals surface area contributed by atoms with Crippen molar-refractivity contribution in [3.63, 3.8) is 0 Å². The van der Waals surface area contributed by atoms with Gasteiger partial charge >= 0.3 is 12.1 Å². The third-order valence-corrected chi connectivity index (χ3v) is 6.40. The van der Waals surface area contributed by atoms with Crippen LogP contribution in [0.2, 0.25) is 0 Å². The minimum Gasteiger partial charge on any atom is -0.465 e. The van der Waals surface area contributed by atoms with E-state index in [4.69, 9.17) is 5.11 Å². The van der Waals surface area contributed by atoms with Gasteiger partial charge in [-0.15, -0.1) is 0 Å². The molecule has 0 radical (unpaired) electrons. The SMILES string of the molecule is Cc1ccc(C2CCN(C(=O)Nc3c(F)cccc3C3=CCN(C(=O)O)CC3)CC2)cc1. The maximum Gasteiger partial charge on any atom is 0.407 e. The molecule has 3 amide bonds. The fraction of sp³-hybridized carbons (Fsp3) is 0.360. The minimum absolute atomic E-state index is 0.160. The molecule has 0 spiro atoms. The van der Waals surface area contributed by atoms with Crippen LogP contribution in [0.3, 0.4) is 0 Å². The summed E-state index contributed by atoms with van der Waals surface area (Å²) in [5.41, 5.74) is 4.14. The number of carbonyl (C=O) groups excluding carboxylic acids is 1. The number of hydrogen-bond donors (Lipinski definition) is 2. The van der Waals surface area contributed by atoms with Crippen molar-refractivity contribution >= 4 is 23.4 Å². The number of anilines is 1. The van der Waals surface area contributed by atoms with Crippen LogP contribution in [0.25, 0.3) is 5.57 Å². The highest BCUT2D eigenvalue weighted by Crippen LogP contribution is 2.32. The van der Waals surface area contributed by atoms with Gasteiger partial charge in [0.05, 0.1) is 5.69 Å². The predicted octanol–water partition coefficient (Wildman–Crippen LogP) is 5.31. The summed E-state index contributed by atoms with van der Waals surface area (Å²) in [6.45, 7) is 3.90. The monoisotopic (exact) mass is 437 g/mol. The Morgan fingerprint density at radius 1 is 1.03 bits per heavy atom. The number of benzene rings is 2. The molecule has 0 aliphatic carbocycles. The summed E-state index contributed by atoms with van der Waals surface area (Å²) in [7, 11) is 0. The minimum atomic E-state index is -0.970. The van der Waals surface area contributed by atoms with Gasteiger partial charge in [-0.25, -0.2) is 14.0 Å². The predicted molar refractivity (Wildman–Crippen MR) is 122 cm³/mol. The summed E-state index contributed by atoms with van der Waals surface area (Å²) < 4.78 is 14.7. The molecule has 168 valence electrons. The first-order chi connectivity index (χ1) is 15.4. The molecular formula is C25H28FN3O3. The molecule has 1 fully saturated rings. The van der Waals surface area contributed by atoms with E-state index in [0.29, 0.717) is 37.5 Å². The largest absolute Gasteiger partial charge is 0.465 e. The molecule has 0 saturated carbocycles. The highest BCUT2D eigenvalue weighted by molar-refractivity contribution is 5.93. The third kappa shape index (κ3) is 4.77. The van der Waals surface area contributed by atoms with Gasteiger partial charge in [-0.1, -0.05) is 48.0 Å². The zero-order valence-electron chi connectivity index (χ0n) is 18.2. The number of halogens is 1. The highest BCUT2D eigenvalue weighted by atomic mass is 19.1. The van der Waals surface area contributed by atoms with Crippen LogP contribution in [0.4, 0.5) is 19.7 Å². The smallest absolute Gasteiger partial charge is 0.407 e. The van der Waals surface area contributed by atoms with Gasteiger partial charge in [-0.2, -0.15) is 0 Å².